The Hall–Kier alpha value is -3.61. The Morgan fingerprint density at radius 2 is 1.79 bits per heavy atom. The summed E-state index contributed by atoms with van der Waals surface area (Å²) in [4.78, 5) is 14.9. The first-order valence-corrected chi connectivity index (χ1v) is 9.42. The minimum absolute atomic E-state index is 0.358. The van der Waals surface area contributed by atoms with Crippen molar-refractivity contribution < 1.29 is 18.8 Å². The Balaban J connectivity index is 1.23. The quantitative estimate of drug-likeness (QED) is 0.316. The fourth-order valence-corrected chi connectivity index (χ4v) is 3.06. The van der Waals surface area contributed by atoms with Crippen molar-refractivity contribution in [3.63, 3.8) is 0 Å². The van der Waals surface area contributed by atoms with Crippen molar-refractivity contribution >= 4 is 17.2 Å². The molecule has 0 saturated carbocycles. The summed E-state index contributed by atoms with van der Waals surface area (Å²) in [6, 6.07) is 15.4. The zero-order valence-electron chi connectivity index (χ0n) is 16.1. The minimum atomic E-state index is 0.358. The van der Waals surface area contributed by atoms with E-state index in [-0.39, 0.29) is 0 Å². The highest BCUT2D eigenvalue weighted by molar-refractivity contribution is 5.82. The molecule has 4 aromatic rings. The van der Waals surface area contributed by atoms with Crippen LogP contribution in [0.1, 0.15) is 12.3 Å². The summed E-state index contributed by atoms with van der Waals surface area (Å²) in [6.07, 6.45) is 3.56. The van der Waals surface area contributed by atoms with Gasteiger partial charge in [-0.1, -0.05) is 5.16 Å². The predicted octanol–water partition coefficient (Wildman–Crippen LogP) is 4.05. The molecule has 2 aromatic carbocycles. The van der Waals surface area contributed by atoms with Crippen LogP contribution in [-0.4, -0.2) is 34.2 Å². The number of benzene rings is 2. The smallest absolute Gasteiger partial charge is 0.223 e. The number of aromatic nitrogens is 3. The average molecular weight is 391 g/mol. The van der Waals surface area contributed by atoms with Gasteiger partial charge in [-0.3, -0.25) is 0 Å². The highest BCUT2D eigenvalue weighted by Gasteiger charge is 2.06. The lowest BCUT2D eigenvalue weighted by Gasteiger charge is -2.09. The lowest BCUT2D eigenvalue weighted by Crippen LogP contribution is -2.05. The molecule has 0 N–H and O–H groups in total. The third-order valence-electron chi connectivity index (χ3n) is 4.48. The third kappa shape index (κ3) is 4.45. The zero-order chi connectivity index (χ0) is 20.1. The van der Waals surface area contributed by atoms with E-state index < -0.39 is 0 Å². The second-order valence-electron chi connectivity index (χ2n) is 6.57. The van der Waals surface area contributed by atoms with Crippen molar-refractivity contribution in [1.82, 2.24) is 14.7 Å². The van der Waals surface area contributed by atoms with Crippen molar-refractivity contribution in [2.45, 2.75) is 19.9 Å². The highest BCUT2D eigenvalue weighted by atomic mass is 16.5. The maximum atomic E-state index is 10.7. The van der Waals surface area contributed by atoms with Crippen LogP contribution < -0.4 is 9.47 Å². The first-order chi connectivity index (χ1) is 14.2. The highest BCUT2D eigenvalue weighted by Crippen LogP contribution is 2.22. The van der Waals surface area contributed by atoms with Crippen LogP contribution in [0.4, 0.5) is 0 Å². The van der Waals surface area contributed by atoms with Crippen LogP contribution in [0.2, 0.25) is 0 Å². The first-order valence-electron chi connectivity index (χ1n) is 9.42. The molecule has 7 heteroatoms. The maximum absolute atomic E-state index is 10.7. The van der Waals surface area contributed by atoms with Crippen LogP contribution in [0.5, 0.6) is 11.5 Å². The molecule has 2 aromatic heterocycles. The van der Waals surface area contributed by atoms with E-state index in [1.807, 2.05) is 59.3 Å². The third-order valence-corrected chi connectivity index (χ3v) is 4.48. The molecule has 0 amide bonds. The van der Waals surface area contributed by atoms with Gasteiger partial charge in [0.2, 0.25) is 11.7 Å². The van der Waals surface area contributed by atoms with Crippen molar-refractivity contribution in [3.05, 3.63) is 60.6 Å². The Bertz CT molecular complexity index is 1100. The molecule has 4 rings (SSSR count). The molecule has 29 heavy (non-hydrogen) atoms. The van der Waals surface area contributed by atoms with Gasteiger partial charge in [0, 0.05) is 36.0 Å². The molecule has 0 saturated heterocycles. The van der Waals surface area contributed by atoms with Crippen molar-refractivity contribution in [1.29, 1.82) is 0 Å². The maximum Gasteiger partial charge on any atom is 0.223 e. The van der Waals surface area contributed by atoms with Crippen molar-refractivity contribution in [2.75, 3.05) is 13.2 Å². The molecule has 7 nitrogen and oxygen atoms in total. The van der Waals surface area contributed by atoms with Crippen LogP contribution in [-0.2, 0) is 11.3 Å². The van der Waals surface area contributed by atoms with E-state index in [1.165, 1.54) is 0 Å². The van der Waals surface area contributed by atoms with Gasteiger partial charge >= 0.3 is 0 Å². The standard InChI is InChI=1S/C22H21N3O4/c1-16-23-22(24-29-16)17-3-5-19(6-4-17)27-13-2-14-28-20-7-8-21-18(15-20)9-10-25(21)11-12-26/h3-10,12,15H,2,11,13-14H2,1H3. The molecule has 0 aliphatic rings. The van der Waals surface area contributed by atoms with Gasteiger partial charge in [-0.25, -0.2) is 0 Å². The summed E-state index contributed by atoms with van der Waals surface area (Å²) < 4.78 is 18.5. The molecule has 0 unspecified atom stereocenters. The van der Waals surface area contributed by atoms with E-state index in [4.69, 9.17) is 14.0 Å². The van der Waals surface area contributed by atoms with Gasteiger partial charge in [0.15, 0.2) is 0 Å². The van der Waals surface area contributed by atoms with Gasteiger partial charge in [0.1, 0.15) is 17.8 Å². The fourth-order valence-electron chi connectivity index (χ4n) is 3.06. The topological polar surface area (TPSA) is 79.4 Å². The lowest BCUT2D eigenvalue weighted by atomic mass is 10.2. The normalized spacial score (nSPS) is 10.9. The van der Waals surface area contributed by atoms with E-state index in [0.29, 0.717) is 31.5 Å². The van der Waals surface area contributed by atoms with E-state index in [2.05, 4.69) is 10.1 Å². The first kappa shape index (κ1) is 18.7. The monoisotopic (exact) mass is 391 g/mol. The summed E-state index contributed by atoms with van der Waals surface area (Å²) in [5.41, 5.74) is 1.90. The van der Waals surface area contributed by atoms with E-state index >= 15 is 0 Å². The largest absolute Gasteiger partial charge is 0.493 e. The molecular formula is C22H21N3O4. The predicted molar refractivity (Wildman–Crippen MR) is 108 cm³/mol. The lowest BCUT2D eigenvalue weighted by molar-refractivity contribution is -0.108. The number of nitrogens with zero attached hydrogens (tertiary/aromatic N) is 3. The molecular weight excluding hydrogens is 370 g/mol. The van der Waals surface area contributed by atoms with Crippen LogP contribution in [0.3, 0.4) is 0 Å². The Labute approximate surface area is 167 Å². The SMILES string of the molecule is Cc1nc(-c2ccc(OCCCOc3ccc4c(ccn4CC=O)c3)cc2)no1. The number of aryl methyl sites for hydroxylation is 1. The molecule has 0 radical (unpaired) electrons. The second kappa shape index (κ2) is 8.60. The number of carbonyl (C=O) groups is 1. The number of aldehydes is 1. The fraction of sp³-hybridized carbons (Fsp3) is 0.227. The minimum Gasteiger partial charge on any atom is -0.493 e. The average Bonchev–Trinajstić information content (AvgIpc) is 3.35. The molecule has 0 aliphatic carbocycles. The number of carbonyl (C=O) groups excluding carboxylic acids is 1. The van der Waals surface area contributed by atoms with Crippen LogP contribution in [0.15, 0.2) is 59.3 Å². The Morgan fingerprint density at radius 1 is 1.03 bits per heavy atom. The number of hydrogen-bond acceptors (Lipinski definition) is 6. The van der Waals surface area contributed by atoms with Crippen LogP contribution in [0.25, 0.3) is 22.3 Å². The Morgan fingerprint density at radius 3 is 2.52 bits per heavy atom. The van der Waals surface area contributed by atoms with Crippen LogP contribution in [0, 0.1) is 6.92 Å². The summed E-state index contributed by atoms with van der Waals surface area (Å²) >= 11 is 0. The molecule has 0 atom stereocenters. The summed E-state index contributed by atoms with van der Waals surface area (Å²) in [5, 5.41) is 4.95. The van der Waals surface area contributed by atoms with Gasteiger partial charge in [-0.2, -0.15) is 4.98 Å². The van der Waals surface area contributed by atoms with Gasteiger partial charge in [-0.15, -0.1) is 0 Å². The molecule has 0 aliphatic heterocycles. The van der Waals surface area contributed by atoms with E-state index in [0.717, 1.165) is 40.7 Å². The summed E-state index contributed by atoms with van der Waals surface area (Å²) in [7, 11) is 0. The number of ether oxygens (including phenoxy) is 2. The molecule has 0 bridgehead atoms. The van der Waals surface area contributed by atoms with Crippen molar-refractivity contribution in [2.24, 2.45) is 0 Å². The molecule has 0 fully saturated rings. The number of fused-ring (bicyclic) bond motifs is 1. The number of hydrogen-bond donors (Lipinski definition) is 0. The molecule has 2 heterocycles. The second-order valence-corrected chi connectivity index (χ2v) is 6.57. The van der Waals surface area contributed by atoms with E-state index in [1.54, 1.807) is 6.92 Å². The zero-order valence-corrected chi connectivity index (χ0v) is 16.1. The summed E-state index contributed by atoms with van der Waals surface area (Å²) in [6.45, 7) is 3.23. The van der Waals surface area contributed by atoms with Crippen molar-refractivity contribution in [3.8, 4) is 22.9 Å². The Kier molecular flexibility index (Phi) is 5.56. The summed E-state index contributed by atoms with van der Waals surface area (Å²) in [5.74, 6) is 2.70. The van der Waals surface area contributed by atoms with Gasteiger partial charge in [-0.05, 0) is 48.5 Å². The van der Waals surface area contributed by atoms with E-state index in [9.17, 15) is 4.79 Å². The number of rotatable bonds is 9. The molecule has 148 valence electrons. The van der Waals surface area contributed by atoms with Gasteiger partial charge < -0.3 is 23.4 Å². The van der Waals surface area contributed by atoms with Crippen LogP contribution >= 0.6 is 0 Å². The van der Waals surface area contributed by atoms with Gasteiger partial charge in [0.25, 0.3) is 0 Å². The molecule has 0 spiro atoms. The van der Waals surface area contributed by atoms with Gasteiger partial charge in [0.05, 0.1) is 19.8 Å².